The second kappa shape index (κ2) is 5.88. The summed E-state index contributed by atoms with van der Waals surface area (Å²) in [6.07, 6.45) is 1.84. The van der Waals surface area contributed by atoms with E-state index in [2.05, 4.69) is 42.3 Å². The quantitative estimate of drug-likeness (QED) is 0.405. The molecule has 4 aromatic rings. The van der Waals surface area contributed by atoms with Crippen molar-refractivity contribution in [2.24, 2.45) is 0 Å². The lowest BCUT2D eigenvalue weighted by molar-refractivity contribution is 0.628. The molecule has 1 aliphatic heterocycles. The number of nitrogens with one attached hydrogen (secondary N) is 1. The highest BCUT2D eigenvalue weighted by Crippen LogP contribution is 2.43. The number of nitrogens with zero attached hydrogens (tertiary/aromatic N) is 2. The van der Waals surface area contributed by atoms with Crippen LogP contribution in [0.1, 0.15) is 25.3 Å². The molecular formula is C23H18FN3. The molecule has 1 aliphatic rings. The van der Waals surface area contributed by atoms with Gasteiger partial charge in [-0.25, -0.2) is 9.37 Å². The molecule has 0 fully saturated rings. The first-order valence-electron chi connectivity index (χ1n) is 9.07. The predicted molar refractivity (Wildman–Crippen MR) is 108 cm³/mol. The zero-order chi connectivity index (χ0) is 18.5. The fourth-order valence-corrected chi connectivity index (χ4v) is 3.62. The Hall–Kier alpha value is -3.27. The van der Waals surface area contributed by atoms with Crippen LogP contribution < -0.4 is 5.32 Å². The maximum Gasteiger partial charge on any atom is 0.141 e. The number of pyridine rings is 2. The van der Waals surface area contributed by atoms with Crippen molar-refractivity contribution < 1.29 is 4.39 Å². The average molecular weight is 355 g/mol. The molecule has 2 aromatic heterocycles. The predicted octanol–water partition coefficient (Wildman–Crippen LogP) is 6.28. The van der Waals surface area contributed by atoms with Crippen LogP contribution in [-0.2, 0) is 0 Å². The zero-order valence-electron chi connectivity index (χ0n) is 15.1. The summed E-state index contributed by atoms with van der Waals surface area (Å²) in [5.74, 6) is 0.995. The molecule has 3 heterocycles. The molecule has 132 valence electrons. The van der Waals surface area contributed by atoms with Crippen molar-refractivity contribution in [3.63, 3.8) is 0 Å². The minimum atomic E-state index is -0.250. The molecule has 0 saturated heterocycles. The van der Waals surface area contributed by atoms with Crippen LogP contribution in [-0.4, -0.2) is 9.97 Å². The molecule has 27 heavy (non-hydrogen) atoms. The molecular weight excluding hydrogens is 337 g/mol. The highest BCUT2D eigenvalue weighted by atomic mass is 19.1. The molecule has 3 nitrogen and oxygen atoms in total. The lowest BCUT2D eigenvalue weighted by Crippen LogP contribution is -2.06. The molecule has 4 heteroatoms. The lowest BCUT2D eigenvalue weighted by atomic mass is 9.94. The Balaban J connectivity index is 1.74. The smallest absolute Gasteiger partial charge is 0.141 e. The van der Waals surface area contributed by atoms with Gasteiger partial charge in [0.2, 0.25) is 0 Å². The van der Waals surface area contributed by atoms with Gasteiger partial charge in [0.05, 0.1) is 16.8 Å². The van der Waals surface area contributed by atoms with Crippen molar-refractivity contribution in [3.05, 3.63) is 72.2 Å². The van der Waals surface area contributed by atoms with Gasteiger partial charge in [0.15, 0.2) is 0 Å². The second-order valence-electron chi connectivity index (χ2n) is 7.21. The molecule has 0 amide bonds. The van der Waals surface area contributed by atoms with Crippen LogP contribution in [0.15, 0.2) is 60.8 Å². The number of halogens is 1. The maximum atomic E-state index is 13.3. The normalized spacial score (nSPS) is 12.1. The van der Waals surface area contributed by atoms with Crippen molar-refractivity contribution in [2.45, 2.75) is 19.8 Å². The summed E-state index contributed by atoms with van der Waals surface area (Å²) in [5, 5.41) is 5.56. The van der Waals surface area contributed by atoms with Crippen LogP contribution in [0.4, 0.5) is 15.9 Å². The van der Waals surface area contributed by atoms with Crippen LogP contribution in [0.2, 0.25) is 0 Å². The van der Waals surface area contributed by atoms with Crippen LogP contribution >= 0.6 is 0 Å². The van der Waals surface area contributed by atoms with E-state index >= 15 is 0 Å². The van der Waals surface area contributed by atoms with E-state index in [9.17, 15) is 4.39 Å². The van der Waals surface area contributed by atoms with E-state index in [0.29, 0.717) is 5.92 Å². The molecule has 0 radical (unpaired) electrons. The molecule has 0 unspecified atom stereocenters. The van der Waals surface area contributed by atoms with Gasteiger partial charge in [0.25, 0.3) is 0 Å². The third-order valence-corrected chi connectivity index (χ3v) is 5.10. The van der Waals surface area contributed by atoms with Gasteiger partial charge in [-0.2, -0.15) is 0 Å². The van der Waals surface area contributed by atoms with Crippen LogP contribution in [0, 0.1) is 5.82 Å². The Labute approximate surface area is 156 Å². The monoisotopic (exact) mass is 355 g/mol. The van der Waals surface area contributed by atoms with Crippen molar-refractivity contribution in [2.75, 3.05) is 5.32 Å². The van der Waals surface area contributed by atoms with Gasteiger partial charge < -0.3 is 5.32 Å². The van der Waals surface area contributed by atoms with Gasteiger partial charge in [0, 0.05) is 23.0 Å². The lowest BCUT2D eigenvalue weighted by Gasteiger charge is -2.22. The number of hydrogen-bond acceptors (Lipinski definition) is 3. The molecule has 0 aliphatic carbocycles. The van der Waals surface area contributed by atoms with Crippen molar-refractivity contribution in [1.29, 1.82) is 0 Å². The minimum Gasteiger partial charge on any atom is -0.339 e. The summed E-state index contributed by atoms with van der Waals surface area (Å²) < 4.78 is 13.3. The van der Waals surface area contributed by atoms with E-state index < -0.39 is 0 Å². The van der Waals surface area contributed by atoms with E-state index in [4.69, 9.17) is 4.98 Å². The Bertz CT molecular complexity index is 1180. The van der Waals surface area contributed by atoms with E-state index in [1.54, 1.807) is 12.1 Å². The summed E-state index contributed by atoms with van der Waals surface area (Å²) in [4.78, 5) is 9.48. The van der Waals surface area contributed by atoms with Crippen LogP contribution in [0.25, 0.3) is 33.3 Å². The molecule has 5 rings (SSSR count). The van der Waals surface area contributed by atoms with Gasteiger partial charge in [-0.05, 0) is 65.4 Å². The van der Waals surface area contributed by atoms with E-state index in [1.165, 1.54) is 17.7 Å². The van der Waals surface area contributed by atoms with E-state index in [-0.39, 0.29) is 5.82 Å². The Morgan fingerprint density at radius 2 is 1.78 bits per heavy atom. The molecule has 2 aromatic carbocycles. The SMILES string of the molecule is CC(C)c1ccc2c(c1)-c1nccc3cc(-c4ccc(F)cc4)nc(c13)N2. The fourth-order valence-electron chi connectivity index (χ4n) is 3.62. The zero-order valence-corrected chi connectivity index (χ0v) is 15.1. The molecule has 0 atom stereocenters. The maximum absolute atomic E-state index is 13.3. The number of anilines is 2. The third-order valence-electron chi connectivity index (χ3n) is 5.10. The number of benzene rings is 2. The first-order valence-corrected chi connectivity index (χ1v) is 9.07. The molecule has 0 spiro atoms. The Morgan fingerprint density at radius 3 is 2.56 bits per heavy atom. The Kier molecular flexibility index (Phi) is 3.47. The molecule has 1 N–H and O–H groups in total. The second-order valence-corrected chi connectivity index (χ2v) is 7.21. The number of fused-ring (bicyclic) bond motifs is 2. The minimum absolute atomic E-state index is 0.250. The van der Waals surface area contributed by atoms with Gasteiger partial charge >= 0.3 is 0 Å². The molecule has 0 bridgehead atoms. The van der Waals surface area contributed by atoms with Crippen LogP contribution in [0.5, 0.6) is 0 Å². The first kappa shape index (κ1) is 15.9. The number of hydrogen-bond donors (Lipinski definition) is 1. The highest BCUT2D eigenvalue weighted by molar-refractivity contribution is 6.09. The van der Waals surface area contributed by atoms with Crippen LogP contribution in [0.3, 0.4) is 0 Å². The van der Waals surface area contributed by atoms with Crippen molar-refractivity contribution in [1.82, 2.24) is 9.97 Å². The standard InChI is InChI=1S/C23H18FN3/c1-13(2)15-5-8-19-18(11-15)22-21-16(9-10-25-22)12-20(27-23(21)26-19)14-3-6-17(24)7-4-14/h3-13H,1-2H3,(H,26,27). The van der Waals surface area contributed by atoms with Gasteiger partial charge in [-0.1, -0.05) is 19.9 Å². The van der Waals surface area contributed by atoms with Gasteiger partial charge in [0.1, 0.15) is 11.6 Å². The topological polar surface area (TPSA) is 37.8 Å². The fraction of sp³-hybridized carbons (Fsp3) is 0.130. The number of rotatable bonds is 2. The van der Waals surface area contributed by atoms with Gasteiger partial charge in [-0.15, -0.1) is 0 Å². The summed E-state index contributed by atoms with van der Waals surface area (Å²) in [6, 6.07) is 16.9. The van der Waals surface area contributed by atoms with Crippen molar-refractivity contribution >= 4 is 22.3 Å². The highest BCUT2D eigenvalue weighted by Gasteiger charge is 2.22. The Morgan fingerprint density at radius 1 is 0.963 bits per heavy atom. The number of aromatic nitrogens is 2. The van der Waals surface area contributed by atoms with E-state index in [1.807, 2.05) is 18.3 Å². The first-order chi connectivity index (χ1) is 13.1. The van der Waals surface area contributed by atoms with Gasteiger partial charge in [-0.3, -0.25) is 4.98 Å². The van der Waals surface area contributed by atoms with E-state index in [0.717, 1.165) is 44.8 Å². The van der Waals surface area contributed by atoms with Crippen molar-refractivity contribution in [3.8, 4) is 22.5 Å². The summed E-state index contributed by atoms with van der Waals surface area (Å²) in [5.41, 5.74) is 6.05. The average Bonchev–Trinajstić information content (AvgIpc) is 2.68. The summed E-state index contributed by atoms with van der Waals surface area (Å²) >= 11 is 0. The molecule has 0 saturated carbocycles. The third kappa shape index (κ3) is 2.56. The summed E-state index contributed by atoms with van der Waals surface area (Å²) in [6.45, 7) is 4.38. The largest absolute Gasteiger partial charge is 0.339 e. The summed E-state index contributed by atoms with van der Waals surface area (Å²) in [7, 11) is 0.